The minimum absolute atomic E-state index is 0.0732. The molecule has 2 N–H and O–H groups in total. The first-order valence-electron chi connectivity index (χ1n) is 4.73. The van der Waals surface area contributed by atoms with Crippen molar-refractivity contribution < 1.29 is 18.3 Å². The molecule has 0 saturated heterocycles. The molecule has 0 spiro atoms. The number of rotatable bonds is 4. The fraction of sp³-hybridized carbons (Fsp3) is 0.111. The topological polar surface area (TPSA) is 101 Å². The third-order valence-corrected chi connectivity index (χ3v) is 4.90. The Kier molecular flexibility index (Phi) is 3.09. The molecule has 0 fully saturated rings. The number of aryl methyl sites for hydroxylation is 1. The Balaban J connectivity index is 2.41. The van der Waals surface area contributed by atoms with Gasteiger partial charge in [-0.25, -0.2) is 13.2 Å². The summed E-state index contributed by atoms with van der Waals surface area (Å²) in [6.07, 6.45) is 1.09. The van der Waals surface area contributed by atoms with Gasteiger partial charge in [0.05, 0.1) is 6.20 Å². The molecule has 96 valence electrons. The number of carboxylic acids is 1. The quantitative estimate of drug-likeness (QED) is 0.873. The molecule has 0 amide bonds. The predicted octanol–water partition coefficient (Wildman–Crippen LogP) is 0.981. The molecule has 2 aromatic heterocycles. The molecule has 2 aromatic rings. The van der Waals surface area contributed by atoms with Crippen LogP contribution in [0.25, 0.3) is 0 Å². The Hall–Kier alpha value is -1.87. The number of carboxylic acid groups (broad SMARTS) is 1. The number of thiophene rings is 1. The van der Waals surface area contributed by atoms with Gasteiger partial charge in [0.25, 0.3) is 10.0 Å². The number of aromatic carboxylic acids is 1. The monoisotopic (exact) mass is 287 g/mol. The van der Waals surface area contributed by atoms with Crippen molar-refractivity contribution in [1.82, 2.24) is 9.78 Å². The summed E-state index contributed by atoms with van der Waals surface area (Å²) >= 11 is 1.04. The van der Waals surface area contributed by atoms with E-state index in [9.17, 15) is 13.2 Å². The molecule has 0 radical (unpaired) electrons. The highest BCUT2D eigenvalue weighted by Crippen LogP contribution is 2.22. The van der Waals surface area contributed by atoms with Gasteiger partial charge in [0.2, 0.25) is 0 Å². The third kappa shape index (κ3) is 2.22. The molecule has 9 heteroatoms. The Morgan fingerprint density at radius 3 is 2.83 bits per heavy atom. The van der Waals surface area contributed by atoms with Crippen LogP contribution in [0.2, 0.25) is 0 Å². The van der Waals surface area contributed by atoms with Gasteiger partial charge in [-0.05, 0) is 11.4 Å². The van der Waals surface area contributed by atoms with E-state index in [-0.39, 0.29) is 15.6 Å². The molecule has 0 aliphatic heterocycles. The zero-order valence-corrected chi connectivity index (χ0v) is 10.8. The summed E-state index contributed by atoms with van der Waals surface area (Å²) in [6, 6.07) is 3.03. The maximum absolute atomic E-state index is 12.0. The fourth-order valence-corrected chi connectivity index (χ4v) is 3.41. The van der Waals surface area contributed by atoms with E-state index in [1.54, 1.807) is 11.4 Å². The second-order valence-corrected chi connectivity index (χ2v) is 6.23. The van der Waals surface area contributed by atoms with Crippen molar-refractivity contribution in [3.05, 3.63) is 29.3 Å². The first kappa shape index (κ1) is 12.6. The molecular weight excluding hydrogens is 278 g/mol. The van der Waals surface area contributed by atoms with Gasteiger partial charge in [-0.3, -0.25) is 9.40 Å². The lowest BCUT2D eigenvalue weighted by Gasteiger charge is -2.07. The second kappa shape index (κ2) is 4.42. The summed E-state index contributed by atoms with van der Waals surface area (Å²) in [7, 11) is -2.32. The molecule has 0 aromatic carbocycles. The number of sulfonamides is 1. The highest BCUT2D eigenvalue weighted by molar-refractivity contribution is 7.94. The lowest BCUT2D eigenvalue weighted by atomic mass is 10.3. The first-order valence-corrected chi connectivity index (χ1v) is 7.09. The first-order chi connectivity index (χ1) is 8.42. The minimum Gasteiger partial charge on any atom is -0.477 e. The number of nitrogens with zero attached hydrogens (tertiary/aromatic N) is 2. The Morgan fingerprint density at radius 2 is 2.28 bits per heavy atom. The number of aromatic nitrogens is 2. The summed E-state index contributed by atoms with van der Waals surface area (Å²) in [6.45, 7) is 0. The van der Waals surface area contributed by atoms with E-state index in [1.165, 1.54) is 13.1 Å². The van der Waals surface area contributed by atoms with Gasteiger partial charge in [0, 0.05) is 7.05 Å². The van der Waals surface area contributed by atoms with E-state index in [0.717, 1.165) is 22.2 Å². The van der Waals surface area contributed by atoms with Crippen molar-refractivity contribution in [2.75, 3.05) is 4.72 Å². The van der Waals surface area contributed by atoms with E-state index in [4.69, 9.17) is 5.11 Å². The highest BCUT2D eigenvalue weighted by atomic mass is 32.2. The molecule has 0 aliphatic rings. The molecule has 2 heterocycles. The van der Waals surface area contributed by atoms with E-state index >= 15 is 0 Å². The van der Waals surface area contributed by atoms with Gasteiger partial charge in [-0.1, -0.05) is 6.07 Å². The maximum atomic E-state index is 12.0. The van der Waals surface area contributed by atoms with Gasteiger partial charge in [0.15, 0.2) is 5.82 Å². The van der Waals surface area contributed by atoms with Crippen LogP contribution in [-0.2, 0) is 17.1 Å². The van der Waals surface area contributed by atoms with Crippen molar-refractivity contribution in [3.63, 3.8) is 0 Å². The normalized spacial score (nSPS) is 11.4. The van der Waals surface area contributed by atoms with Gasteiger partial charge in [-0.15, -0.1) is 11.3 Å². The molecule has 18 heavy (non-hydrogen) atoms. The molecule has 2 rings (SSSR count). The lowest BCUT2D eigenvalue weighted by Crippen LogP contribution is -2.16. The van der Waals surface area contributed by atoms with Crippen LogP contribution in [0.5, 0.6) is 0 Å². The number of hydrogen-bond acceptors (Lipinski definition) is 5. The number of anilines is 1. The van der Waals surface area contributed by atoms with Crippen molar-refractivity contribution >= 4 is 33.1 Å². The van der Waals surface area contributed by atoms with E-state index in [0.29, 0.717) is 0 Å². The molecule has 0 aliphatic carbocycles. The molecule has 0 unspecified atom stereocenters. The Labute approximate surface area is 107 Å². The summed E-state index contributed by atoms with van der Waals surface area (Å²) < 4.78 is 27.4. The fourth-order valence-electron chi connectivity index (χ4n) is 1.31. The molecule has 0 atom stereocenters. The SMILES string of the molecule is Cn1ncc(C(=O)O)c1NS(=O)(=O)c1cccs1. The van der Waals surface area contributed by atoms with E-state index in [2.05, 4.69) is 9.82 Å². The third-order valence-electron chi connectivity index (χ3n) is 2.16. The number of hydrogen-bond donors (Lipinski definition) is 2. The van der Waals surface area contributed by atoms with Crippen LogP contribution in [0.1, 0.15) is 10.4 Å². The highest BCUT2D eigenvalue weighted by Gasteiger charge is 2.22. The Bertz CT molecular complexity index is 673. The average Bonchev–Trinajstić information content (AvgIpc) is 2.89. The summed E-state index contributed by atoms with van der Waals surface area (Å²) in [4.78, 5) is 10.9. The van der Waals surface area contributed by atoms with Crippen LogP contribution in [0.15, 0.2) is 27.9 Å². The summed E-state index contributed by atoms with van der Waals surface area (Å²) in [5.74, 6) is -1.32. The van der Waals surface area contributed by atoms with E-state index in [1.807, 2.05) is 0 Å². The molecule has 0 bridgehead atoms. The van der Waals surface area contributed by atoms with Crippen LogP contribution >= 0.6 is 11.3 Å². The van der Waals surface area contributed by atoms with Gasteiger partial charge >= 0.3 is 5.97 Å². The predicted molar refractivity (Wildman–Crippen MR) is 65.3 cm³/mol. The molecule has 0 saturated carbocycles. The molecule has 7 nitrogen and oxygen atoms in total. The van der Waals surface area contributed by atoms with Crippen molar-refractivity contribution in [2.45, 2.75) is 4.21 Å². The minimum atomic E-state index is -3.77. The Morgan fingerprint density at radius 1 is 1.56 bits per heavy atom. The molecular formula is C9H9N3O4S2. The largest absolute Gasteiger partial charge is 0.477 e. The zero-order valence-electron chi connectivity index (χ0n) is 9.19. The maximum Gasteiger partial charge on any atom is 0.341 e. The number of carbonyl (C=O) groups is 1. The second-order valence-electron chi connectivity index (χ2n) is 3.37. The summed E-state index contributed by atoms with van der Waals surface area (Å²) in [5.41, 5.74) is -0.197. The van der Waals surface area contributed by atoms with Crippen LogP contribution in [-0.4, -0.2) is 29.3 Å². The average molecular weight is 287 g/mol. The standard InChI is InChI=1S/C9H9N3O4S2/c1-12-8(6(5-10-12)9(13)14)11-18(15,16)7-3-2-4-17-7/h2-5,11H,1H3,(H,13,14). The van der Waals surface area contributed by atoms with Gasteiger partial charge in [-0.2, -0.15) is 5.10 Å². The van der Waals surface area contributed by atoms with Gasteiger partial charge in [0.1, 0.15) is 9.77 Å². The zero-order chi connectivity index (χ0) is 13.3. The van der Waals surface area contributed by atoms with E-state index < -0.39 is 16.0 Å². The number of nitrogens with one attached hydrogen (secondary N) is 1. The smallest absolute Gasteiger partial charge is 0.341 e. The van der Waals surface area contributed by atoms with Gasteiger partial charge < -0.3 is 5.11 Å². The van der Waals surface area contributed by atoms with Crippen LogP contribution < -0.4 is 4.72 Å². The van der Waals surface area contributed by atoms with Crippen molar-refractivity contribution in [2.24, 2.45) is 7.05 Å². The van der Waals surface area contributed by atoms with Crippen molar-refractivity contribution in [1.29, 1.82) is 0 Å². The lowest BCUT2D eigenvalue weighted by molar-refractivity contribution is 0.0698. The van der Waals surface area contributed by atoms with Crippen molar-refractivity contribution in [3.8, 4) is 0 Å². The van der Waals surface area contributed by atoms with Crippen LogP contribution in [0.4, 0.5) is 5.82 Å². The van der Waals surface area contributed by atoms with Crippen LogP contribution in [0, 0.1) is 0 Å². The van der Waals surface area contributed by atoms with Crippen LogP contribution in [0.3, 0.4) is 0 Å². The summed E-state index contributed by atoms with van der Waals surface area (Å²) in [5, 5.41) is 14.3.